The van der Waals surface area contributed by atoms with E-state index in [1.165, 1.54) is 35.4 Å². The van der Waals surface area contributed by atoms with Crippen LogP contribution < -0.4 is 5.73 Å². The monoisotopic (exact) mass is 601 g/mol. The molecule has 0 bridgehead atoms. The molecule has 0 aliphatic carbocycles. The van der Waals surface area contributed by atoms with Crippen molar-refractivity contribution in [2.75, 3.05) is 5.73 Å². The first-order valence-corrected chi connectivity index (χ1v) is 14.2. The highest BCUT2D eigenvalue weighted by atomic mass is 16.6. The highest BCUT2D eigenvalue weighted by Gasteiger charge is 2.14. The minimum atomic E-state index is -0.559. The number of aromatic nitrogens is 1. The van der Waals surface area contributed by atoms with E-state index < -0.39 is 9.85 Å². The van der Waals surface area contributed by atoms with Gasteiger partial charge in [0.15, 0.2) is 12.5 Å². The number of nitrogens with two attached hydrogens (primary N) is 1. The van der Waals surface area contributed by atoms with Crippen LogP contribution in [0.4, 0.5) is 17.2 Å². The van der Waals surface area contributed by atoms with E-state index in [2.05, 4.69) is 22.8 Å². The molecular weight excluding hydrogens is 558 g/mol. The summed E-state index contributed by atoms with van der Waals surface area (Å²) in [4.78, 5) is 37.7. The number of aldehydes is 1. The van der Waals surface area contributed by atoms with Crippen LogP contribution in [0.2, 0.25) is 0 Å². The summed E-state index contributed by atoms with van der Waals surface area (Å²) in [7, 11) is 0. The van der Waals surface area contributed by atoms with Gasteiger partial charge in [-0.3, -0.25) is 25.0 Å². The number of carbonyl (C=O) groups excluding carboxylic acids is 1. The predicted molar refractivity (Wildman–Crippen MR) is 182 cm³/mol. The van der Waals surface area contributed by atoms with Crippen molar-refractivity contribution in [3.05, 3.63) is 132 Å². The van der Waals surface area contributed by atoms with Gasteiger partial charge in [0.05, 0.1) is 27.5 Å². The van der Waals surface area contributed by atoms with Gasteiger partial charge in [0.2, 0.25) is 0 Å². The Hall–Kier alpha value is -5.43. The Morgan fingerprint density at radius 2 is 1.18 bits per heavy atom. The van der Waals surface area contributed by atoms with Crippen LogP contribution >= 0.6 is 0 Å². The average molecular weight is 602 g/mol. The molecular formula is C34H43N5O5. The molecule has 3 aromatic carbocycles. The topological polar surface area (TPSA) is 147 Å². The minimum Gasteiger partial charge on any atom is -0.384 e. The van der Waals surface area contributed by atoms with Crippen molar-refractivity contribution in [2.45, 2.75) is 62.3 Å². The lowest BCUT2D eigenvalue weighted by Gasteiger charge is -2.00. The molecule has 0 unspecified atom stereocenters. The molecule has 4 rings (SSSR count). The summed E-state index contributed by atoms with van der Waals surface area (Å²) in [6, 6.07) is 19.2. The second kappa shape index (κ2) is 23.2. The zero-order valence-corrected chi connectivity index (χ0v) is 27.0. The number of carbonyl (C=O) groups is 1. The molecule has 0 saturated carbocycles. The Balaban J connectivity index is 0. The Bertz CT molecular complexity index is 1560. The number of benzene rings is 3. The fraction of sp³-hybridized carbons (Fsp3) is 0.265. The molecule has 0 fully saturated rings. The fourth-order valence-corrected chi connectivity index (χ4v) is 3.46. The Morgan fingerprint density at radius 1 is 0.727 bits per heavy atom. The van der Waals surface area contributed by atoms with Crippen molar-refractivity contribution in [1.29, 1.82) is 0 Å². The molecule has 2 N–H and O–H groups in total. The summed E-state index contributed by atoms with van der Waals surface area (Å²) in [6.45, 7) is 24.1. The molecule has 0 aliphatic rings. The molecule has 10 nitrogen and oxygen atoms in total. The van der Waals surface area contributed by atoms with Crippen molar-refractivity contribution in [3.8, 4) is 0 Å². The third-order valence-electron chi connectivity index (χ3n) is 5.40. The second-order valence-electron chi connectivity index (χ2n) is 7.97. The molecule has 1 heterocycles. The molecule has 0 spiro atoms. The van der Waals surface area contributed by atoms with Gasteiger partial charge in [-0.1, -0.05) is 77.9 Å². The van der Waals surface area contributed by atoms with Gasteiger partial charge in [0.1, 0.15) is 5.82 Å². The van der Waals surface area contributed by atoms with Gasteiger partial charge in [-0.05, 0) is 61.7 Å². The van der Waals surface area contributed by atoms with E-state index in [0.717, 1.165) is 11.1 Å². The summed E-state index contributed by atoms with van der Waals surface area (Å²) in [5, 5.41) is 22.2. The van der Waals surface area contributed by atoms with E-state index in [4.69, 9.17) is 12.3 Å². The van der Waals surface area contributed by atoms with Crippen LogP contribution in [0.3, 0.4) is 0 Å². The second-order valence-corrected chi connectivity index (χ2v) is 7.97. The highest BCUT2D eigenvalue weighted by Crippen LogP contribution is 2.23. The lowest BCUT2D eigenvalue weighted by molar-refractivity contribution is -0.385. The average Bonchev–Trinajstić information content (AvgIpc) is 3.03. The zero-order chi connectivity index (χ0) is 34.2. The van der Waals surface area contributed by atoms with Gasteiger partial charge in [-0.25, -0.2) is 9.83 Å². The van der Waals surface area contributed by atoms with Crippen LogP contribution in [0.15, 0.2) is 72.9 Å². The summed E-state index contributed by atoms with van der Waals surface area (Å²) in [5.41, 5.74) is 9.73. The van der Waals surface area contributed by atoms with Crippen molar-refractivity contribution >= 4 is 40.5 Å². The number of nitro groups is 2. The first kappa shape index (κ1) is 40.7. The van der Waals surface area contributed by atoms with Gasteiger partial charge in [-0.2, -0.15) is 0 Å². The van der Waals surface area contributed by atoms with E-state index in [0.29, 0.717) is 23.2 Å². The maximum atomic E-state index is 10.6. The third kappa shape index (κ3) is 13.0. The van der Waals surface area contributed by atoms with Crippen LogP contribution in [0.1, 0.15) is 74.2 Å². The SMILES string of the molecule is CC.CC.CC.Cc1cccc([N+](=O)[O-])c1C=O.Cc1cccc2nc(N)ccc12.[C-]#[N+]C=Cc1c(C)cccc1[N+](=O)[O-]. The number of rotatable bonds is 4. The molecule has 1 aromatic heterocycles. The maximum Gasteiger partial charge on any atom is 0.280 e. The molecule has 0 radical (unpaired) electrons. The van der Waals surface area contributed by atoms with Crippen molar-refractivity contribution in [3.63, 3.8) is 0 Å². The number of anilines is 1. The van der Waals surface area contributed by atoms with Crippen LogP contribution in [0.5, 0.6) is 0 Å². The summed E-state index contributed by atoms with van der Waals surface area (Å²) in [6.07, 6.45) is 3.18. The maximum absolute atomic E-state index is 10.6. The van der Waals surface area contributed by atoms with E-state index >= 15 is 0 Å². The lowest BCUT2D eigenvalue weighted by atomic mass is 10.1. The number of hydrogen-bond acceptors (Lipinski definition) is 7. The zero-order valence-electron chi connectivity index (χ0n) is 27.0. The quantitative estimate of drug-likeness (QED) is 0.106. The fourth-order valence-electron chi connectivity index (χ4n) is 3.46. The van der Waals surface area contributed by atoms with Gasteiger partial charge in [-0.15, -0.1) is 0 Å². The van der Waals surface area contributed by atoms with Crippen LogP contribution in [-0.2, 0) is 0 Å². The summed E-state index contributed by atoms with van der Waals surface area (Å²) >= 11 is 0. The van der Waals surface area contributed by atoms with E-state index in [-0.39, 0.29) is 16.9 Å². The first-order chi connectivity index (χ1) is 21.1. The number of hydrogen-bond donors (Lipinski definition) is 1. The Labute approximate surface area is 260 Å². The summed E-state index contributed by atoms with van der Waals surface area (Å²) in [5.74, 6) is 0.577. The lowest BCUT2D eigenvalue weighted by Crippen LogP contribution is -1.96. The Kier molecular flexibility index (Phi) is 21.4. The largest absolute Gasteiger partial charge is 0.384 e. The normalized spacial score (nSPS) is 9.00. The molecule has 234 valence electrons. The van der Waals surface area contributed by atoms with E-state index in [9.17, 15) is 25.0 Å². The standard InChI is InChI=1S/C10H8N2O2.C10H10N2.C8H7NO3.3C2H6/c1-8-4-3-5-10(12(13)14)9(8)6-7-11-2;1-7-3-2-4-9-8(7)5-6-10(11)12-9;1-6-3-2-4-8(9(11)12)7(6)5-10;3*1-2/h3-7H,1H3;2-6H,1H3,(H2,11,12);2-5H,1H3;3*1-2H3. The van der Waals surface area contributed by atoms with Gasteiger partial charge >= 0.3 is 0 Å². The van der Waals surface area contributed by atoms with Crippen LogP contribution in [-0.4, -0.2) is 21.1 Å². The third-order valence-corrected chi connectivity index (χ3v) is 5.40. The summed E-state index contributed by atoms with van der Waals surface area (Å²) < 4.78 is 0. The minimum absolute atomic E-state index is 0.0323. The Morgan fingerprint density at radius 3 is 1.64 bits per heavy atom. The van der Waals surface area contributed by atoms with Crippen molar-refractivity contribution < 1.29 is 14.6 Å². The number of nitrogen functional groups attached to an aromatic ring is 1. The number of pyridine rings is 1. The molecule has 0 aliphatic heterocycles. The number of nitro benzene ring substituents is 2. The molecule has 4 aromatic rings. The molecule has 0 amide bonds. The number of nitrogens with zero attached hydrogens (tertiary/aromatic N) is 4. The van der Waals surface area contributed by atoms with E-state index in [1.807, 2.05) is 65.8 Å². The smallest absolute Gasteiger partial charge is 0.280 e. The first-order valence-electron chi connectivity index (χ1n) is 14.2. The number of aryl methyl sites for hydroxylation is 3. The molecule has 0 atom stereocenters. The van der Waals surface area contributed by atoms with Gasteiger partial charge in [0.25, 0.3) is 11.4 Å². The van der Waals surface area contributed by atoms with Crippen molar-refractivity contribution in [2.24, 2.45) is 0 Å². The molecule has 10 heteroatoms. The van der Waals surface area contributed by atoms with Crippen molar-refractivity contribution in [1.82, 2.24) is 4.98 Å². The molecule has 0 saturated heterocycles. The highest BCUT2D eigenvalue weighted by molar-refractivity contribution is 5.84. The van der Waals surface area contributed by atoms with Crippen LogP contribution in [0, 0.1) is 47.6 Å². The van der Waals surface area contributed by atoms with Gasteiger partial charge < -0.3 is 5.73 Å². The predicted octanol–water partition coefficient (Wildman–Crippen LogP) is 9.71. The van der Waals surface area contributed by atoms with Gasteiger partial charge in [0, 0.05) is 23.1 Å². The van der Waals surface area contributed by atoms with Crippen LogP contribution in [0.25, 0.3) is 21.8 Å². The van der Waals surface area contributed by atoms with E-state index in [1.54, 1.807) is 38.1 Å². The number of fused-ring (bicyclic) bond motifs is 1. The molecule has 44 heavy (non-hydrogen) atoms.